The Labute approximate surface area is 286 Å². The van der Waals surface area contributed by atoms with Gasteiger partial charge in [-0.15, -0.1) is 0 Å². The smallest absolute Gasteiger partial charge is 0.352 e. The number of aromatic nitrogens is 1. The van der Waals surface area contributed by atoms with Gasteiger partial charge in [0.1, 0.15) is 17.5 Å². The number of fused-ring (bicyclic) bond motifs is 2. The zero-order valence-corrected chi connectivity index (χ0v) is 27.0. The van der Waals surface area contributed by atoms with Crippen LogP contribution in [0.2, 0.25) is 0 Å². The number of benzene rings is 5. The van der Waals surface area contributed by atoms with Crippen LogP contribution in [0.3, 0.4) is 0 Å². The van der Waals surface area contributed by atoms with Gasteiger partial charge < -0.3 is 25.3 Å². The summed E-state index contributed by atoms with van der Waals surface area (Å²) >= 11 is 0. The Morgan fingerprint density at radius 2 is 1.60 bits per heavy atom. The predicted octanol–water partition coefficient (Wildman–Crippen LogP) is 7.34. The molecule has 6 rings (SSSR count). The number of carboxylic acid groups (broad SMARTS) is 2. The fourth-order valence-electron chi connectivity index (χ4n) is 6.23. The second-order valence-electron chi connectivity index (χ2n) is 12.0. The number of nitrogens with zero attached hydrogens (tertiary/aromatic N) is 1. The van der Waals surface area contributed by atoms with E-state index in [9.17, 15) is 34.7 Å². The summed E-state index contributed by atoms with van der Waals surface area (Å²) in [6.07, 6.45) is 0.998. The van der Waals surface area contributed by atoms with Crippen LogP contribution in [0.25, 0.3) is 32.8 Å². The molecule has 11 nitrogen and oxygen atoms in total. The van der Waals surface area contributed by atoms with Crippen molar-refractivity contribution in [2.24, 2.45) is 0 Å². The number of carbonyl (C=O) groups is 3. The highest BCUT2D eigenvalue weighted by molar-refractivity contribution is 6.04. The zero-order chi connectivity index (χ0) is 35.4. The third-order valence-electron chi connectivity index (χ3n) is 8.70. The van der Waals surface area contributed by atoms with Crippen LogP contribution in [0.4, 0.5) is 5.69 Å². The third-order valence-corrected chi connectivity index (χ3v) is 8.70. The van der Waals surface area contributed by atoms with Gasteiger partial charge in [-0.1, -0.05) is 72.8 Å². The molecule has 1 heterocycles. The van der Waals surface area contributed by atoms with Crippen LogP contribution in [-0.2, 0) is 17.6 Å². The highest BCUT2D eigenvalue weighted by Crippen LogP contribution is 2.35. The number of nitro benzene ring substituents is 1. The van der Waals surface area contributed by atoms with E-state index >= 15 is 0 Å². The first-order chi connectivity index (χ1) is 24.1. The Kier molecular flexibility index (Phi) is 9.57. The van der Waals surface area contributed by atoms with E-state index in [1.165, 1.54) is 24.3 Å². The molecule has 1 aromatic heterocycles. The number of ether oxygens (including phenoxy) is 1. The number of nitrogens with one attached hydrogen (secondary N) is 2. The number of aromatic carboxylic acids is 1. The molecule has 1 atom stereocenters. The average Bonchev–Trinajstić information content (AvgIpc) is 3.49. The monoisotopic (exact) mass is 671 g/mol. The first kappa shape index (κ1) is 33.4. The molecule has 0 aliphatic rings. The van der Waals surface area contributed by atoms with Crippen molar-refractivity contribution in [3.05, 3.63) is 141 Å². The molecule has 4 N–H and O–H groups in total. The minimum atomic E-state index is -1.26. The Morgan fingerprint density at radius 3 is 2.32 bits per heavy atom. The Bertz CT molecular complexity index is 2250. The second-order valence-corrected chi connectivity index (χ2v) is 12.0. The summed E-state index contributed by atoms with van der Waals surface area (Å²) in [5.74, 6) is -2.12. The van der Waals surface area contributed by atoms with E-state index in [2.05, 4.69) is 10.3 Å². The maximum Gasteiger partial charge on any atom is 0.352 e. The maximum atomic E-state index is 13.2. The number of carboxylic acids is 2. The summed E-state index contributed by atoms with van der Waals surface area (Å²) in [6, 6.07) is 28.7. The van der Waals surface area contributed by atoms with E-state index in [4.69, 9.17) is 4.74 Å². The molecule has 6 aromatic rings. The van der Waals surface area contributed by atoms with Crippen molar-refractivity contribution in [3.63, 3.8) is 0 Å². The van der Waals surface area contributed by atoms with Gasteiger partial charge in [-0.3, -0.25) is 14.9 Å². The second kappa shape index (κ2) is 14.3. The van der Waals surface area contributed by atoms with E-state index in [1.54, 1.807) is 18.2 Å². The molecule has 11 heteroatoms. The largest absolute Gasteiger partial charge is 0.493 e. The summed E-state index contributed by atoms with van der Waals surface area (Å²) in [4.78, 5) is 51.0. The number of rotatable bonds is 13. The van der Waals surface area contributed by atoms with Crippen molar-refractivity contribution in [2.75, 3.05) is 6.61 Å². The minimum Gasteiger partial charge on any atom is -0.493 e. The van der Waals surface area contributed by atoms with Gasteiger partial charge in [0.15, 0.2) is 0 Å². The summed E-state index contributed by atoms with van der Waals surface area (Å²) in [5, 5.41) is 36.2. The van der Waals surface area contributed by atoms with Gasteiger partial charge in [-0.2, -0.15) is 0 Å². The standard InChI is InChI=1S/C39H33N3O8/c1-23-21-26(37(43)40-33(38(44)45)22-24-14-17-27(18-15-24)42(48)49)16-19-28(23)30-10-5-11-31-32(36(39(46)47)41-35(30)31)12-6-20-50-34-13-4-8-25-7-2-3-9-29(25)34/h2-5,7-11,13-19,21,33,41H,6,12,20,22H2,1H3,(H,40,43)(H,44,45)(H,46,47)/t33-/m0/s1. The molecular formula is C39H33N3O8. The minimum absolute atomic E-state index is 0.0610. The van der Waals surface area contributed by atoms with Crippen LogP contribution < -0.4 is 10.1 Å². The summed E-state index contributed by atoms with van der Waals surface area (Å²) < 4.78 is 6.10. The van der Waals surface area contributed by atoms with Crippen LogP contribution in [0.5, 0.6) is 5.75 Å². The number of amides is 1. The van der Waals surface area contributed by atoms with Gasteiger partial charge in [0.2, 0.25) is 0 Å². The van der Waals surface area contributed by atoms with Crippen LogP contribution in [0, 0.1) is 17.0 Å². The number of hydrogen-bond donors (Lipinski definition) is 4. The lowest BCUT2D eigenvalue weighted by molar-refractivity contribution is -0.384. The van der Waals surface area contributed by atoms with Gasteiger partial charge in [0.05, 0.1) is 17.0 Å². The van der Waals surface area contributed by atoms with E-state index in [0.29, 0.717) is 36.1 Å². The summed E-state index contributed by atoms with van der Waals surface area (Å²) in [6.45, 7) is 2.22. The summed E-state index contributed by atoms with van der Waals surface area (Å²) in [5.41, 5.74) is 4.35. The Balaban J connectivity index is 1.19. The number of non-ortho nitro benzene ring substituents is 1. The van der Waals surface area contributed by atoms with Crippen molar-refractivity contribution in [3.8, 4) is 16.9 Å². The highest BCUT2D eigenvalue weighted by atomic mass is 16.6. The number of hydrogen-bond acceptors (Lipinski definition) is 6. The van der Waals surface area contributed by atoms with Crippen LogP contribution >= 0.6 is 0 Å². The Hall–Kier alpha value is -6.49. The number of carbonyl (C=O) groups excluding carboxylic acids is 1. The molecule has 5 aromatic carbocycles. The van der Waals surface area contributed by atoms with Gasteiger partial charge >= 0.3 is 11.9 Å². The lowest BCUT2D eigenvalue weighted by Crippen LogP contribution is -2.42. The van der Waals surface area contributed by atoms with E-state index in [-0.39, 0.29) is 23.4 Å². The predicted molar refractivity (Wildman–Crippen MR) is 189 cm³/mol. The van der Waals surface area contributed by atoms with Crippen molar-refractivity contribution in [2.45, 2.75) is 32.2 Å². The van der Waals surface area contributed by atoms with Gasteiger partial charge in [0.25, 0.3) is 11.6 Å². The number of aromatic amines is 1. The maximum absolute atomic E-state index is 13.2. The van der Waals surface area contributed by atoms with Crippen molar-refractivity contribution in [1.29, 1.82) is 0 Å². The quantitative estimate of drug-likeness (QED) is 0.0561. The molecule has 0 aliphatic carbocycles. The normalized spacial score (nSPS) is 11.7. The molecule has 0 saturated carbocycles. The third kappa shape index (κ3) is 7.02. The number of nitro groups is 1. The van der Waals surface area contributed by atoms with E-state index < -0.39 is 28.8 Å². The highest BCUT2D eigenvalue weighted by Gasteiger charge is 2.23. The Morgan fingerprint density at radius 1 is 0.880 bits per heavy atom. The number of aliphatic carboxylic acids is 1. The van der Waals surface area contributed by atoms with Crippen molar-refractivity contribution < 1.29 is 34.3 Å². The van der Waals surface area contributed by atoms with Gasteiger partial charge in [0, 0.05) is 40.5 Å². The molecule has 50 heavy (non-hydrogen) atoms. The molecule has 1 amide bonds. The van der Waals surface area contributed by atoms with E-state index in [1.807, 2.05) is 67.6 Å². The van der Waals surface area contributed by atoms with Crippen molar-refractivity contribution >= 4 is 45.2 Å². The molecule has 0 radical (unpaired) electrons. The van der Waals surface area contributed by atoms with Crippen molar-refractivity contribution in [1.82, 2.24) is 10.3 Å². The topological polar surface area (TPSA) is 172 Å². The fourth-order valence-corrected chi connectivity index (χ4v) is 6.23. The molecule has 0 aliphatic heterocycles. The molecule has 0 saturated heterocycles. The summed E-state index contributed by atoms with van der Waals surface area (Å²) in [7, 11) is 0. The van der Waals surface area contributed by atoms with E-state index in [0.717, 1.165) is 38.6 Å². The first-order valence-electron chi connectivity index (χ1n) is 16.0. The average molecular weight is 672 g/mol. The number of H-pyrrole nitrogens is 1. The molecule has 0 fully saturated rings. The van der Waals surface area contributed by atoms with Gasteiger partial charge in [-0.25, -0.2) is 9.59 Å². The lowest BCUT2D eigenvalue weighted by Gasteiger charge is -2.16. The fraction of sp³-hybridized carbons (Fsp3) is 0.154. The molecule has 252 valence electrons. The lowest BCUT2D eigenvalue weighted by atomic mass is 9.95. The molecule has 0 spiro atoms. The molecular weight excluding hydrogens is 638 g/mol. The zero-order valence-electron chi connectivity index (χ0n) is 27.0. The van der Waals surface area contributed by atoms with Crippen LogP contribution in [-0.4, -0.2) is 50.6 Å². The van der Waals surface area contributed by atoms with Gasteiger partial charge in [-0.05, 0) is 65.6 Å². The first-order valence-corrected chi connectivity index (χ1v) is 16.0. The molecule has 0 unspecified atom stereocenters. The van der Waals surface area contributed by atoms with Crippen LogP contribution in [0.1, 0.15) is 44.0 Å². The number of aryl methyl sites for hydroxylation is 2. The molecule has 0 bridgehead atoms. The van der Waals surface area contributed by atoms with Crippen LogP contribution in [0.15, 0.2) is 103 Å². The number of para-hydroxylation sites is 1. The SMILES string of the molecule is Cc1cc(C(=O)N[C@@H](Cc2ccc([N+](=O)[O-])cc2)C(=O)O)ccc1-c1cccc2c(CCCOc3cccc4ccccc34)c(C(=O)O)[nH]c12.